The highest BCUT2D eigenvalue weighted by Crippen LogP contribution is 2.61. The van der Waals surface area contributed by atoms with E-state index in [0.717, 1.165) is 12.8 Å². The third-order valence-electron chi connectivity index (χ3n) is 4.53. The first-order valence-corrected chi connectivity index (χ1v) is 7.07. The zero-order valence-corrected chi connectivity index (χ0v) is 11.8. The van der Waals surface area contributed by atoms with E-state index in [9.17, 15) is 32.0 Å². The molecule has 3 nitrogen and oxygen atoms in total. The minimum Gasteiger partial charge on any atom is -0.341 e. The fraction of sp³-hybridized carbons (Fsp3) is 0.467. The van der Waals surface area contributed by atoms with Crippen molar-refractivity contribution in [1.82, 2.24) is 4.90 Å². The van der Waals surface area contributed by atoms with Gasteiger partial charge in [0.15, 0.2) is 23.3 Å². The summed E-state index contributed by atoms with van der Waals surface area (Å²) in [6.45, 7) is 0.845. The average molecular weight is 330 g/mol. The number of nitriles is 1. The maximum atomic E-state index is 13.9. The van der Waals surface area contributed by atoms with Gasteiger partial charge in [-0.15, -0.1) is 0 Å². The molecule has 1 aliphatic heterocycles. The smallest absolute Gasteiger partial charge is 0.243 e. The van der Waals surface area contributed by atoms with Gasteiger partial charge < -0.3 is 4.90 Å². The summed E-state index contributed by atoms with van der Waals surface area (Å²) in [5, 5.41) is 9.29. The molecule has 122 valence electrons. The fourth-order valence-electron chi connectivity index (χ4n) is 3.15. The van der Waals surface area contributed by atoms with Crippen LogP contribution in [0.4, 0.5) is 22.0 Å². The van der Waals surface area contributed by atoms with Gasteiger partial charge in [0.05, 0.1) is 6.07 Å². The number of carbonyl (C=O) groups excluding carboxylic acids is 1. The van der Waals surface area contributed by atoms with Gasteiger partial charge in [-0.05, 0) is 19.3 Å². The Balaban J connectivity index is 2.02. The molecule has 0 bridgehead atoms. The average Bonchev–Trinajstić information content (AvgIpc) is 3.02. The number of amides is 1. The fourth-order valence-corrected chi connectivity index (χ4v) is 3.15. The molecule has 0 radical (unpaired) electrons. The number of nitrogens with zero attached hydrogens (tertiary/aromatic N) is 2. The van der Waals surface area contributed by atoms with E-state index < -0.39 is 51.9 Å². The van der Waals surface area contributed by atoms with Gasteiger partial charge >= 0.3 is 0 Å². The van der Waals surface area contributed by atoms with Crippen LogP contribution in [0.25, 0.3) is 0 Å². The molecule has 2 atom stereocenters. The number of benzene rings is 1. The van der Waals surface area contributed by atoms with Gasteiger partial charge in [-0.25, -0.2) is 22.0 Å². The molecule has 1 amide bonds. The van der Waals surface area contributed by atoms with Crippen molar-refractivity contribution in [2.24, 2.45) is 5.41 Å². The Morgan fingerprint density at radius 1 is 1.00 bits per heavy atom. The van der Waals surface area contributed by atoms with Crippen LogP contribution in [0.5, 0.6) is 0 Å². The van der Waals surface area contributed by atoms with Gasteiger partial charge in [0.2, 0.25) is 11.7 Å². The molecule has 0 N–H and O–H groups in total. The van der Waals surface area contributed by atoms with Gasteiger partial charge in [-0.1, -0.05) is 0 Å². The number of hydrogen-bond acceptors (Lipinski definition) is 2. The summed E-state index contributed by atoms with van der Waals surface area (Å²) in [4.78, 5) is 13.8. The van der Waals surface area contributed by atoms with Crippen molar-refractivity contribution in [3.8, 4) is 6.07 Å². The highest BCUT2D eigenvalue weighted by atomic mass is 19.2. The summed E-state index contributed by atoms with van der Waals surface area (Å²) in [5.41, 5.74) is -2.82. The van der Waals surface area contributed by atoms with Crippen LogP contribution in [0.2, 0.25) is 0 Å². The minimum absolute atomic E-state index is 0.253. The van der Waals surface area contributed by atoms with Gasteiger partial charge in [0.1, 0.15) is 5.41 Å². The second kappa shape index (κ2) is 5.18. The topological polar surface area (TPSA) is 44.1 Å². The molecule has 0 aromatic heterocycles. The minimum atomic E-state index is -2.25. The molecule has 23 heavy (non-hydrogen) atoms. The molecule has 1 aliphatic carbocycles. The number of rotatable bonds is 2. The quantitative estimate of drug-likeness (QED) is 0.475. The standard InChI is InChI=1S/C15H11F5N2O/c16-9-8(10(17)12(19)13(20)11(9)18)7-5-15(7,6-21)14(23)22-3-1-2-4-22/h7H,1-5H2/t7-,15-/m1/s1. The van der Waals surface area contributed by atoms with Crippen LogP contribution in [0.3, 0.4) is 0 Å². The first kappa shape index (κ1) is 15.7. The van der Waals surface area contributed by atoms with E-state index in [1.165, 1.54) is 4.90 Å². The van der Waals surface area contributed by atoms with Crippen LogP contribution < -0.4 is 0 Å². The van der Waals surface area contributed by atoms with E-state index >= 15 is 0 Å². The van der Waals surface area contributed by atoms with Gasteiger partial charge in [-0.3, -0.25) is 4.79 Å². The van der Waals surface area contributed by atoms with Gasteiger partial charge in [-0.2, -0.15) is 5.26 Å². The van der Waals surface area contributed by atoms with Crippen molar-refractivity contribution in [3.05, 3.63) is 34.6 Å². The van der Waals surface area contributed by atoms with Crippen LogP contribution in [0.1, 0.15) is 30.7 Å². The molecule has 1 aromatic carbocycles. The summed E-state index contributed by atoms with van der Waals surface area (Å²) < 4.78 is 67.4. The largest absolute Gasteiger partial charge is 0.341 e. The highest BCUT2D eigenvalue weighted by Gasteiger charge is 2.65. The van der Waals surface area contributed by atoms with E-state index in [1.54, 1.807) is 6.07 Å². The lowest BCUT2D eigenvalue weighted by Crippen LogP contribution is -2.35. The van der Waals surface area contributed by atoms with E-state index in [4.69, 9.17) is 0 Å². The maximum Gasteiger partial charge on any atom is 0.243 e. The van der Waals surface area contributed by atoms with Crippen LogP contribution in [-0.2, 0) is 4.79 Å². The van der Waals surface area contributed by atoms with Crippen molar-refractivity contribution in [2.45, 2.75) is 25.2 Å². The van der Waals surface area contributed by atoms with Crippen molar-refractivity contribution in [3.63, 3.8) is 0 Å². The lowest BCUT2D eigenvalue weighted by atomic mass is 9.97. The Morgan fingerprint density at radius 3 is 1.96 bits per heavy atom. The third kappa shape index (κ3) is 2.10. The van der Waals surface area contributed by atoms with Crippen molar-refractivity contribution < 1.29 is 26.7 Å². The highest BCUT2D eigenvalue weighted by molar-refractivity contribution is 5.90. The first-order chi connectivity index (χ1) is 10.8. The number of likely N-dealkylation sites (tertiary alicyclic amines) is 1. The molecule has 1 saturated heterocycles. The normalized spacial score (nSPS) is 26.3. The van der Waals surface area contributed by atoms with Crippen molar-refractivity contribution in [2.75, 3.05) is 13.1 Å². The Labute approximate surface area is 128 Å². The van der Waals surface area contributed by atoms with Crippen molar-refractivity contribution >= 4 is 5.91 Å². The molecule has 1 saturated carbocycles. The van der Waals surface area contributed by atoms with Crippen LogP contribution in [-0.4, -0.2) is 23.9 Å². The summed E-state index contributed by atoms with van der Waals surface area (Å²) >= 11 is 0. The van der Waals surface area contributed by atoms with E-state index in [1.807, 2.05) is 0 Å². The van der Waals surface area contributed by atoms with Crippen LogP contribution >= 0.6 is 0 Å². The van der Waals surface area contributed by atoms with Crippen LogP contribution in [0, 0.1) is 45.8 Å². The maximum absolute atomic E-state index is 13.9. The van der Waals surface area contributed by atoms with Gasteiger partial charge in [0.25, 0.3) is 0 Å². The van der Waals surface area contributed by atoms with Crippen molar-refractivity contribution in [1.29, 1.82) is 5.26 Å². The Hall–Kier alpha value is -2.17. The van der Waals surface area contributed by atoms with E-state index in [0.29, 0.717) is 13.1 Å². The second-order valence-corrected chi connectivity index (χ2v) is 5.82. The SMILES string of the molecule is N#C[C@]1(C(=O)N2CCCC2)C[C@@H]1c1c(F)c(F)c(F)c(F)c1F. The molecular formula is C15H11F5N2O. The van der Waals surface area contributed by atoms with E-state index in [2.05, 4.69) is 0 Å². The molecule has 1 heterocycles. The molecule has 8 heteroatoms. The molecule has 0 unspecified atom stereocenters. The third-order valence-corrected chi connectivity index (χ3v) is 4.53. The zero-order chi connectivity index (χ0) is 16.9. The molecule has 3 rings (SSSR count). The first-order valence-electron chi connectivity index (χ1n) is 7.07. The lowest BCUT2D eigenvalue weighted by molar-refractivity contribution is -0.134. The Morgan fingerprint density at radius 2 is 1.48 bits per heavy atom. The number of carbonyl (C=O) groups is 1. The Bertz CT molecular complexity index is 709. The Kier molecular flexibility index (Phi) is 3.54. The molecule has 2 aliphatic rings. The molecular weight excluding hydrogens is 319 g/mol. The monoisotopic (exact) mass is 330 g/mol. The summed E-state index contributed by atoms with van der Waals surface area (Å²) in [6, 6.07) is 1.72. The summed E-state index contributed by atoms with van der Waals surface area (Å²) in [6.07, 6.45) is 1.25. The molecule has 2 fully saturated rings. The lowest BCUT2D eigenvalue weighted by Gasteiger charge is -2.19. The predicted octanol–water partition coefficient (Wildman–Crippen LogP) is 3.00. The summed E-state index contributed by atoms with van der Waals surface area (Å²) in [5.74, 6) is -12.3. The summed E-state index contributed by atoms with van der Waals surface area (Å²) in [7, 11) is 0. The second-order valence-electron chi connectivity index (χ2n) is 5.82. The van der Waals surface area contributed by atoms with Crippen LogP contribution in [0.15, 0.2) is 0 Å². The zero-order valence-electron chi connectivity index (χ0n) is 11.8. The molecule has 0 spiro atoms. The number of halogens is 5. The molecule has 1 aromatic rings. The predicted molar refractivity (Wildman–Crippen MR) is 67.4 cm³/mol. The number of hydrogen-bond donors (Lipinski definition) is 0. The van der Waals surface area contributed by atoms with E-state index in [-0.39, 0.29) is 6.42 Å². The van der Waals surface area contributed by atoms with Gasteiger partial charge in [0, 0.05) is 24.6 Å².